The molecule has 1 aliphatic rings. The molecule has 2 rings (SSSR count). The molecule has 2 nitrogen and oxygen atoms in total. The van der Waals surface area contributed by atoms with Gasteiger partial charge in [0.2, 0.25) is 0 Å². The molecule has 0 unspecified atom stereocenters. The predicted molar refractivity (Wildman–Crippen MR) is 80.1 cm³/mol. The molecule has 0 aromatic carbocycles. The van der Waals surface area contributed by atoms with Crippen molar-refractivity contribution in [3.63, 3.8) is 0 Å². The minimum Gasteiger partial charge on any atom is -0.353 e. The SMILES string of the molecule is Cc1cnc(N(CCCBr)C2CCC2)c(Br)c1. The first-order valence-electron chi connectivity index (χ1n) is 6.17. The molecule has 0 N–H and O–H groups in total. The number of alkyl halides is 1. The Bertz CT molecular complexity index is 378. The number of aromatic nitrogens is 1. The van der Waals surface area contributed by atoms with E-state index in [-0.39, 0.29) is 0 Å². The average molecular weight is 362 g/mol. The lowest BCUT2D eigenvalue weighted by atomic mass is 9.91. The van der Waals surface area contributed by atoms with Crippen molar-refractivity contribution in [2.75, 3.05) is 16.8 Å². The second kappa shape index (κ2) is 6.19. The van der Waals surface area contributed by atoms with E-state index in [4.69, 9.17) is 0 Å². The second-order valence-electron chi connectivity index (χ2n) is 4.64. The molecule has 1 saturated carbocycles. The van der Waals surface area contributed by atoms with E-state index in [2.05, 4.69) is 54.7 Å². The van der Waals surface area contributed by atoms with Crippen LogP contribution < -0.4 is 4.90 Å². The van der Waals surface area contributed by atoms with E-state index in [1.807, 2.05) is 6.20 Å². The topological polar surface area (TPSA) is 16.1 Å². The summed E-state index contributed by atoms with van der Waals surface area (Å²) in [5.74, 6) is 1.11. The van der Waals surface area contributed by atoms with Gasteiger partial charge in [0.25, 0.3) is 0 Å². The maximum atomic E-state index is 4.60. The average Bonchev–Trinajstić information content (AvgIpc) is 2.22. The summed E-state index contributed by atoms with van der Waals surface area (Å²) < 4.78 is 1.12. The van der Waals surface area contributed by atoms with Crippen LogP contribution in [0.15, 0.2) is 16.7 Å². The number of pyridine rings is 1. The highest BCUT2D eigenvalue weighted by atomic mass is 79.9. The zero-order valence-electron chi connectivity index (χ0n) is 10.1. The smallest absolute Gasteiger partial charge is 0.143 e. The van der Waals surface area contributed by atoms with Gasteiger partial charge in [0, 0.05) is 24.1 Å². The van der Waals surface area contributed by atoms with Gasteiger partial charge in [-0.15, -0.1) is 0 Å². The molecule has 0 saturated heterocycles. The lowest BCUT2D eigenvalue weighted by Crippen LogP contribution is -2.41. The van der Waals surface area contributed by atoms with E-state index in [0.29, 0.717) is 6.04 Å². The first-order valence-corrected chi connectivity index (χ1v) is 8.08. The minimum atomic E-state index is 0.695. The zero-order valence-corrected chi connectivity index (χ0v) is 13.3. The van der Waals surface area contributed by atoms with Crippen molar-refractivity contribution in [1.29, 1.82) is 0 Å². The monoisotopic (exact) mass is 360 g/mol. The number of hydrogen-bond acceptors (Lipinski definition) is 2. The first-order chi connectivity index (χ1) is 8.22. The highest BCUT2D eigenvalue weighted by molar-refractivity contribution is 9.10. The van der Waals surface area contributed by atoms with Gasteiger partial charge < -0.3 is 4.90 Å². The second-order valence-corrected chi connectivity index (χ2v) is 6.29. The third kappa shape index (κ3) is 3.22. The molecule has 0 radical (unpaired) electrons. The van der Waals surface area contributed by atoms with Crippen LogP contribution in [-0.2, 0) is 0 Å². The van der Waals surface area contributed by atoms with E-state index in [9.17, 15) is 0 Å². The summed E-state index contributed by atoms with van der Waals surface area (Å²) in [5.41, 5.74) is 1.20. The largest absolute Gasteiger partial charge is 0.353 e. The number of halogens is 2. The fourth-order valence-corrected chi connectivity index (χ4v) is 3.07. The maximum absolute atomic E-state index is 4.60. The van der Waals surface area contributed by atoms with Gasteiger partial charge in [-0.05, 0) is 60.2 Å². The molecule has 0 spiro atoms. The van der Waals surface area contributed by atoms with Crippen LogP contribution in [0.25, 0.3) is 0 Å². The van der Waals surface area contributed by atoms with Crippen LogP contribution in [0.5, 0.6) is 0 Å². The molecule has 0 aliphatic heterocycles. The van der Waals surface area contributed by atoms with Crippen LogP contribution in [0, 0.1) is 6.92 Å². The van der Waals surface area contributed by atoms with Gasteiger partial charge in [0.05, 0.1) is 4.47 Å². The molecule has 1 aromatic heterocycles. The van der Waals surface area contributed by atoms with Crippen molar-refractivity contribution < 1.29 is 0 Å². The summed E-state index contributed by atoms with van der Waals surface area (Å²) in [7, 11) is 0. The van der Waals surface area contributed by atoms with Crippen molar-refractivity contribution in [2.24, 2.45) is 0 Å². The van der Waals surface area contributed by atoms with Crippen LogP contribution in [-0.4, -0.2) is 22.9 Å². The van der Waals surface area contributed by atoms with Crippen molar-refractivity contribution in [2.45, 2.75) is 38.6 Å². The number of aryl methyl sites for hydroxylation is 1. The Morgan fingerprint density at radius 3 is 2.76 bits per heavy atom. The molecular weight excluding hydrogens is 344 g/mol. The molecule has 0 bridgehead atoms. The van der Waals surface area contributed by atoms with Gasteiger partial charge in [-0.25, -0.2) is 4.98 Å². The Labute approximate surface area is 120 Å². The zero-order chi connectivity index (χ0) is 12.3. The molecule has 94 valence electrons. The normalized spacial score (nSPS) is 15.7. The van der Waals surface area contributed by atoms with E-state index in [1.165, 1.54) is 31.2 Å². The molecule has 17 heavy (non-hydrogen) atoms. The fourth-order valence-electron chi connectivity index (χ4n) is 2.13. The van der Waals surface area contributed by atoms with E-state index >= 15 is 0 Å². The maximum Gasteiger partial charge on any atom is 0.143 e. The van der Waals surface area contributed by atoms with Gasteiger partial charge in [0.15, 0.2) is 0 Å². The standard InChI is InChI=1S/C13H18Br2N2/c1-10-8-12(15)13(16-9-10)17(7-3-6-14)11-4-2-5-11/h8-9,11H,2-7H2,1H3. The third-order valence-corrected chi connectivity index (χ3v) is 4.42. The number of hydrogen-bond donors (Lipinski definition) is 0. The van der Waals surface area contributed by atoms with Crippen molar-refractivity contribution >= 4 is 37.7 Å². The van der Waals surface area contributed by atoms with Crippen LogP contribution in [0.3, 0.4) is 0 Å². The summed E-state index contributed by atoms with van der Waals surface area (Å²) in [6, 6.07) is 2.85. The Kier molecular flexibility index (Phi) is 4.86. The van der Waals surface area contributed by atoms with Crippen LogP contribution in [0.2, 0.25) is 0 Å². The number of nitrogens with zero attached hydrogens (tertiary/aromatic N) is 2. The number of rotatable bonds is 5. The van der Waals surface area contributed by atoms with Gasteiger partial charge in [-0.1, -0.05) is 15.9 Å². The summed E-state index contributed by atoms with van der Waals surface area (Å²) in [4.78, 5) is 7.06. The minimum absolute atomic E-state index is 0.695. The predicted octanol–water partition coefficient (Wildman–Crippen LogP) is 4.30. The van der Waals surface area contributed by atoms with E-state index in [0.717, 1.165) is 22.2 Å². The fraction of sp³-hybridized carbons (Fsp3) is 0.615. The molecule has 4 heteroatoms. The van der Waals surface area contributed by atoms with Gasteiger partial charge >= 0.3 is 0 Å². The summed E-state index contributed by atoms with van der Waals surface area (Å²) in [6.45, 7) is 3.16. The molecule has 0 amide bonds. The summed E-state index contributed by atoms with van der Waals surface area (Å²) in [5, 5.41) is 1.06. The summed E-state index contributed by atoms with van der Waals surface area (Å²) >= 11 is 7.16. The van der Waals surface area contributed by atoms with Crippen LogP contribution in [0.4, 0.5) is 5.82 Å². The molecule has 1 heterocycles. The molecule has 1 aromatic rings. The Morgan fingerprint density at radius 1 is 1.47 bits per heavy atom. The lowest BCUT2D eigenvalue weighted by molar-refractivity contribution is 0.384. The highest BCUT2D eigenvalue weighted by Gasteiger charge is 2.26. The van der Waals surface area contributed by atoms with E-state index in [1.54, 1.807) is 0 Å². The Balaban J connectivity index is 2.17. The van der Waals surface area contributed by atoms with Crippen molar-refractivity contribution in [3.05, 3.63) is 22.3 Å². The number of anilines is 1. The van der Waals surface area contributed by atoms with E-state index < -0.39 is 0 Å². The lowest BCUT2D eigenvalue weighted by Gasteiger charge is -2.39. The molecule has 1 aliphatic carbocycles. The van der Waals surface area contributed by atoms with Crippen LogP contribution >= 0.6 is 31.9 Å². The summed E-state index contributed by atoms with van der Waals surface area (Å²) in [6.07, 6.45) is 7.10. The van der Waals surface area contributed by atoms with Gasteiger partial charge in [0.1, 0.15) is 5.82 Å². The van der Waals surface area contributed by atoms with Crippen LogP contribution in [0.1, 0.15) is 31.2 Å². The van der Waals surface area contributed by atoms with Gasteiger partial charge in [-0.3, -0.25) is 0 Å². The highest BCUT2D eigenvalue weighted by Crippen LogP contribution is 2.33. The van der Waals surface area contributed by atoms with Gasteiger partial charge in [-0.2, -0.15) is 0 Å². The molecule has 1 fully saturated rings. The Morgan fingerprint density at radius 2 is 2.24 bits per heavy atom. The first kappa shape index (κ1) is 13.3. The van der Waals surface area contributed by atoms with Crippen molar-refractivity contribution in [3.8, 4) is 0 Å². The molecular formula is C13H18Br2N2. The third-order valence-electron chi connectivity index (χ3n) is 3.28. The van der Waals surface area contributed by atoms with Crippen molar-refractivity contribution in [1.82, 2.24) is 4.98 Å². The molecule has 0 atom stereocenters. The Hall–Kier alpha value is -0.0900. The quantitative estimate of drug-likeness (QED) is 0.727.